The van der Waals surface area contributed by atoms with Crippen LogP contribution in [0, 0.1) is 0 Å². The highest BCUT2D eigenvalue weighted by Crippen LogP contribution is 2.38. The van der Waals surface area contributed by atoms with Gasteiger partial charge in [-0.2, -0.15) is 13.2 Å². The number of pyridine rings is 1. The first-order valence-electron chi connectivity index (χ1n) is 7.02. The molecule has 0 saturated carbocycles. The predicted molar refractivity (Wildman–Crippen MR) is 80.4 cm³/mol. The van der Waals surface area contributed by atoms with Gasteiger partial charge in [-0.1, -0.05) is 13.8 Å². The molecule has 1 unspecified atom stereocenters. The highest BCUT2D eigenvalue weighted by Gasteiger charge is 2.38. The Morgan fingerprint density at radius 1 is 1.48 bits per heavy atom. The van der Waals surface area contributed by atoms with Crippen molar-refractivity contribution >= 4 is 21.7 Å². The van der Waals surface area contributed by atoms with E-state index in [1.165, 1.54) is 6.20 Å². The van der Waals surface area contributed by atoms with E-state index in [1.807, 2.05) is 13.8 Å². The zero-order valence-electron chi connectivity index (χ0n) is 12.0. The van der Waals surface area contributed by atoms with Crippen LogP contribution in [0.4, 0.5) is 19.0 Å². The van der Waals surface area contributed by atoms with Gasteiger partial charge in [-0.05, 0) is 34.8 Å². The minimum atomic E-state index is -4.40. The van der Waals surface area contributed by atoms with Crippen LogP contribution in [0.25, 0.3) is 0 Å². The molecule has 0 spiro atoms. The maximum absolute atomic E-state index is 13.2. The van der Waals surface area contributed by atoms with Crippen LogP contribution in [-0.2, 0) is 6.18 Å². The summed E-state index contributed by atoms with van der Waals surface area (Å²) in [5, 5.41) is 3.30. The summed E-state index contributed by atoms with van der Waals surface area (Å²) >= 11 is 3.07. The molecule has 1 saturated heterocycles. The van der Waals surface area contributed by atoms with E-state index < -0.39 is 11.7 Å². The number of halogens is 4. The number of alkyl halides is 3. The van der Waals surface area contributed by atoms with Gasteiger partial charge in [0, 0.05) is 35.8 Å². The number of nitrogens with zero attached hydrogens (tertiary/aromatic N) is 2. The second-order valence-corrected chi connectivity index (χ2v) is 6.49. The molecule has 0 aliphatic carbocycles. The van der Waals surface area contributed by atoms with E-state index in [-0.39, 0.29) is 11.9 Å². The van der Waals surface area contributed by atoms with Gasteiger partial charge in [0.15, 0.2) is 0 Å². The molecule has 118 valence electrons. The normalized spacial score (nSPS) is 19.6. The molecule has 1 aliphatic heterocycles. The number of rotatable bonds is 4. The maximum atomic E-state index is 13.2. The minimum absolute atomic E-state index is 0.0405. The zero-order valence-corrected chi connectivity index (χ0v) is 13.6. The Labute approximate surface area is 131 Å². The van der Waals surface area contributed by atoms with Crippen molar-refractivity contribution in [1.82, 2.24) is 10.3 Å². The lowest BCUT2D eigenvalue weighted by atomic mass is 10.2. The van der Waals surface area contributed by atoms with Crippen LogP contribution in [0.15, 0.2) is 16.7 Å². The van der Waals surface area contributed by atoms with Gasteiger partial charge in [0.25, 0.3) is 0 Å². The first-order chi connectivity index (χ1) is 9.79. The standard InChI is InChI=1S/C14H19BrF3N3/c1-9(2)19-8-11-4-3-5-21(11)13-12(14(16,17)18)6-10(15)7-20-13/h6-7,9,11,19H,3-5,8H2,1-2H3. The Bertz CT molecular complexity index is 491. The van der Waals surface area contributed by atoms with E-state index in [2.05, 4.69) is 26.2 Å². The fourth-order valence-electron chi connectivity index (χ4n) is 2.57. The van der Waals surface area contributed by atoms with Crippen LogP contribution < -0.4 is 10.2 Å². The molecule has 1 atom stereocenters. The first-order valence-corrected chi connectivity index (χ1v) is 7.81. The quantitative estimate of drug-likeness (QED) is 0.878. The summed E-state index contributed by atoms with van der Waals surface area (Å²) in [6.45, 7) is 5.34. The fraction of sp³-hybridized carbons (Fsp3) is 0.643. The predicted octanol–water partition coefficient (Wildman–Crippen LogP) is 3.83. The lowest BCUT2D eigenvalue weighted by Crippen LogP contribution is -2.41. The Balaban J connectivity index is 2.28. The van der Waals surface area contributed by atoms with Gasteiger partial charge in [0.05, 0.1) is 5.56 Å². The van der Waals surface area contributed by atoms with Gasteiger partial charge in [0.2, 0.25) is 0 Å². The topological polar surface area (TPSA) is 28.2 Å². The number of hydrogen-bond donors (Lipinski definition) is 1. The van der Waals surface area contributed by atoms with Crippen molar-refractivity contribution in [3.8, 4) is 0 Å². The van der Waals surface area contributed by atoms with Gasteiger partial charge in [-0.15, -0.1) is 0 Å². The summed E-state index contributed by atoms with van der Waals surface area (Å²) in [5.41, 5.74) is -0.673. The molecular weight excluding hydrogens is 347 g/mol. The lowest BCUT2D eigenvalue weighted by molar-refractivity contribution is -0.137. The molecule has 0 aromatic carbocycles. The molecule has 21 heavy (non-hydrogen) atoms. The second-order valence-electron chi connectivity index (χ2n) is 5.57. The number of hydrogen-bond acceptors (Lipinski definition) is 3. The van der Waals surface area contributed by atoms with E-state index in [0.29, 0.717) is 23.6 Å². The monoisotopic (exact) mass is 365 g/mol. The van der Waals surface area contributed by atoms with Gasteiger partial charge in [-0.25, -0.2) is 4.98 Å². The van der Waals surface area contributed by atoms with Crippen LogP contribution in [0.5, 0.6) is 0 Å². The smallest absolute Gasteiger partial charge is 0.352 e. The molecule has 0 amide bonds. The molecule has 0 bridgehead atoms. The molecule has 1 aromatic rings. The Hall–Kier alpha value is -0.820. The molecule has 1 aromatic heterocycles. The van der Waals surface area contributed by atoms with Crippen molar-refractivity contribution in [1.29, 1.82) is 0 Å². The molecule has 1 N–H and O–H groups in total. The molecule has 3 nitrogen and oxygen atoms in total. The summed E-state index contributed by atoms with van der Waals surface area (Å²) in [5.74, 6) is 0.0405. The summed E-state index contributed by atoms with van der Waals surface area (Å²) < 4.78 is 40.0. The van der Waals surface area contributed by atoms with Crippen LogP contribution in [-0.4, -0.2) is 30.2 Å². The van der Waals surface area contributed by atoms with E-state index in [1.54, 1.807) is 4.90 Å². The summed E-state index contributed by atoms with van der Waals surface area (Å²) in [6, 6.07) is 1.47. The van der Waals surface area contributed by atoms with Crippen molar-refractivity contribution in [2.45, 2.75) is 44.9 Å². The number of anilines is 1. The van der Waals surface area contributed by atoms with Crippen molar-refractivity contribution in [3.05, 3.63) is 22.3 Å². The third kappa shape index (κ3) is 4.10. The molecule has 7 heteroatoms. The van der Waals surface area contributed by atoms with Crippen molar-refractivity contribution in [2.24, 2.45) is 0 Å². The van der Waals surface area contributed by atoms with Crippen molar-refractivity contribution < 1.29 is 13.2 Å². The minimum Gasteiger partial charge on any atom is -0.352 e. The van der Waals surface area contributed by atoms with E-state index in [0.717, 1.165) is 18.9 Å². The van der Waals surface area contributed by atoms with Crippen molar-refractivity contribution in [2.75, 3.05) is 18.0 Å². The van der Waals surface area contributed by atoms with Gasteiger partial charge < -0.3 is 10.2 Å². The summed E-state index contributed by atoms with van der Waals surface area (Å²) in [7, 11) is 0. The van der Waals surface area contributed by atoms with Gasteiger partial charge >= 0.3 is 6.18 Å². The summed E-state index contributed by atoms with van der Waals surface area (Å²) in [4.78, 5) is 5.82. The average Bonchev–Trinajstić information content (AvgIpc) is 2.83. The molecule has 2 heterocycles. The highest BCUT2D eigenvalue weighted by molar-refractivity contribution is 9.10. The van der Waals surface area contributed by atoms with E-state index in [9.17, 15) is 13.2 Å². The Kier molecular flexibility index (Phi) is 5.14. The van der Waals surface area contributed by atoms with Crippen LogP contribution in [0.1, 0.15) is 32.3 Å². The Morgan fingerprint density at radius 3 is 2.81 bits per heavy atom. The van der Waals surface area contributed by atoms with Crippen LogP contribution in [0.3, 0.4) is 0 Å². The molecule has 1 fully saturated rings. The van der Waals surface area contributed by atoms with Crippen LogP contribution >= 0.6 is 15.9 Å². The molecular formula is C14H19BrF3N3. The fourth-order valence-corrected chi connectivity index (χ4v) is 2.90. The number of aromatic nitrogens is 1. The molecule has 1 aliphatic rings. The van der Waals surface area contributed by atoms with E-state index >= 15 is 0 Å². The lowest BCUT2D eigenvalue weighted by Gasteiger charge is -2.29. The summed E-state index contributed by atoms with van der Waals surface area (Å²) in [6.07, 6.45) is -1.20. The SMILES string of the molecule is CC(C)NCC1CCCN1c1ncc(Br)cc1C(F)(F)F. The molecule has 0 radical (unpaired) electrons. The highest BCUT2D eigenvalue weighted by atomic mass is 79.9. The van der Waals surface area contributed by atoms with Gasteiger partial charge in [-0.3, -0.25) is 0 Å². The third-order valence-electron chi connectivity index (χ3n) is 3.55. The number of nitrogens with one attached hydrogen (secondary N) is 1. The Morgan fingerprint density at radius 2 is 2.19 bits per heavy atom. The maximum Gasteiger partial charge on any atom is 0.419 e. The van der Waals surface area contributed by atoms with Crippen LogP contribution in [0.2, 0.25) is 0 Å². The second kappa shape index (κ2) is 6.52. The van der Waals surface area contributed by atoms with E-state index in [4.69, 9.17) is 0 Å². The zero-order chi connectivity index (χ0) is 15.6. The average molecular weight is 366 g/mol. The first kappa shape index (κ1) is 16.5. The largest absolute Gasteiger partial charge is 0.419 e. The van der Waals surface area contributed by atoms with Crippen molar-refractivity contribution in [3.63, 3.8) is 0 Å². The third-order valence-corrected chi connectivity index (χ3v) is 3.98. The van der Waals surface area contributed by atoms with Gasteiger partial charge in [0.1, 0.15) is 5.82 Å². The molecule has 2 rings (SSSR count).